The number of carboxylic acid groups (broad SMARTS) is 1. The Morgan fingerprint density at radius 3 is 2.71 bits per heavy atom. The third-order valence-corrected chi connectivity index (χ3v) is 3.08. The van der Waals surface area contributed by atoms with Gasteiger partial charge in [0.15, 0.2) is 6.10 Å². The molecule has 3 nitrogen and oxygen atoms in total. The second-order valence-electron chi connectivity index (χ2n) is 4.87. The standard InChI is InChI=1S/C15H19F3O3/c1-3-4-10(2)9-11-5-6-12(14(19)20)13(15(16,17)18)21-8-7-11/h4,6,9,13H,3,5,7-8H2,1-2H3,(H,19,20)/b10-4-,11-9-,12-6+. The quantitative estimate of drug-likeness (QED) is 0.856. The molecule has 0 aromatic carbocycles. The summed E-state index contributed by atoms with van der Waals surface area (Å²) in [6, 6.07) is 0. The van der Waals surface area contributed by atoms with Crippen molar-refractivity contribution in [3.8, 4) is 0 Å². The highest BCUT2D eigenvalue weighted by atomic mass is 19.4. The SMILES string of the molecule is CC/C=C(C)\C=C1\C/C=C(/C(=O)O)C(C(F)(F)F)OCC1. The average molecular weight is 304 g/mol. The smallest absolute Gasteiger partial charge is 0.419 e. The van der Waals surface area contributed by atoms with E-state index in [1.807, 2.05) is 26.0 Å². The number of ether oxygens (including phenoxy) is 1. The minimum Gasteiger partial charge on any atom is -0.478 e. The van der Waals surface area contributed by atoms with Crippen LogP contribution in [0.1, 0.15) is 33.1 Å². The van der Waals surface area contributed by atoms with Gasteiger partial charge >= 0.3 is 12.1 Å². The van der Waals surface area contributed by atoms with Gasteiger partial charge in [0.1, 0.15) is 0 Å². The Morgan fingerprint density at radius 1 is 1.52 bits per heavy atom. The Kier molecular flexibility index (Phi) is 6.20. The van der Waals surface area contributed by atoms with E-state index >= 15 is 0 Å². The van der Waals surface area contributed by atoms with Gasteiger partial charge in [-0.05, 0) is 26.2 Å². The Morgan fingerprint density at radius 2 is 2.19 bits per heavy atom. The average Bonchev–Trinajstić information content (AvgIpc) is 2.30. The topological polar surface area (TPSA) is 46.5 Å². The van der Waals surface area contributed by atoms with Gasteiger partial charge in [0.2, 0.25) is 0 Å². The zero-order valence-electron chi connectivity index (χ0n) is 12.0. The summed E-state index contributed by atoms with van der Waals surface area (Å²) in [6.45, 7) is 3.73. The number of rotatable bonds is 3. The van der Waals surface area contributed by atoms with Crippen molar-refractivity contribution < 1.29 is 27.8 Å². The molecule has 1 aliphatic heterocycles. The molecule has 1 aliphatic rings. The Balaban J connectivity index is 3.05. The molecule has 0 aliphatic carbocycles. The molecule has 1 heterocycles. The Labute approximate surface area is 121 Å². The van der Waals surface area contributed by atoms with Crippen LogP contribution in [-0.4, -0.2) is 30.0 Å². The first-order valence-electron chi connectivity index (χ1n) is 6.73. The van der Waals surface area contributed by atoms with E-state index in [0.29, 0.717) is 6.42 Å². The molecular formula is C15H19F3O3. The van der Waals surface area contributed by atoms with Crippen LogP contribution >= 0.6 is 0 Å². The number of allylic oxidation sites excluding steroid dienone is 4. The van der Waals surface area contributed by atoms with Crippen LogP contribution in [-0.2, 0) is 9.53 Å². The van der Waals surface area contributed by atoms with Crippen LogP contribution < -0.4 is 0 Å². The summed E-state index contributed by atoms with van der Waals surface area (Å²) in [5, 5.41) is 8.96. The lowest BCUT2D eigenvalue weighted by Gasteiger charge is -2.24. The molecule has 0 saturated carbocycles. The van der Waals surface area contributed by atoms with Crippen molar-refractivity contribution in [3.63, 3.8) is 0 Å². The molecule has 0 fully saturated rings. The van der Waals surface area contributed by atoms with Crippen molar-refractivity contribution in [3.05, 3.63) is 34.9 Å². The maximum atomic E-state index is 12.8. The first kappa shape index (κ1) is 17.5. The van der Waals surface area contributed by atoms with Crippen molar-refractivity contribution in [1.82, 2.24) is 0 Å². The van der Waals surface area contributed by atoms with Crippen LogP contribution in [0.25, 0.3) is 0 Å². The minimum absolute atomic E-state index is 0.153. The van der Waals surface area contributed by atoms with Crippen LogP contribution in [0.15, 0.2) is 34.9 Å². The first-order chi connectivity index (χ1) is 9.75. The molecule has 118 valence electrons. The zero-order valence-corrected chi connectivity index (χ0v) is 12.0. The summed E-state index contributed by atoms with van der Waals surface area (Å²) in [7, 11) is 0. The van der Waals surface area contributed by atoms with E-state index in [4.69, 9.17) is 9.84 Å². The third-order valence-electron chi connectivity index (χ3n) is 3.08. The van der Waals surface area contributed by atoms with Crippen molar-refractivity contribution in [1.29, 1.82) is 0 Å². The highest BCUT2D eigenvalue weighted by molar-refractivity contribution is 5.88. The van der Waals surface area contributed by atoms with Gasteiger partial charge in [0, 0.05) is 0 Å². The summed E-state index contributed by atoms with van der Waals surface area (Å²) < 4.78 is 43.2. The monoisotopic (exact) mass is 304 g/mol. The van der Waals surface area contributed by atoms with Gasteiger partial charge in [0.05, 0.1) is 12.2 Å². The molecule has 1 N–H and O–H groups in total. The number of carboxylic acids is 1. The third kappa shape index (κ3) is 5.38. The highest BCUT2D eigenvalue weighted by Crippen LogP contribution is 2.31. The molecule has 21 heavy (non-hydrogen) atoms. The predicted molar refractivity (Wildman–Crippen MR) is 72.9 cm³/mol. The molecule has 1 unspecified atom stereocenters. The Hall–Kier alpha value is -1.56. The lowest BCUT2D eigenvalue weighted by molar-refractivity contribution is -0.209. The van der Waals surface area contributed by atoms with E-state index in [1.54, 1.807) is 0 Å². The van der Waals surface area contributed by atoms with E-state index in [-0.39, 0.29) is 13.0 Å². The van der Waals surface area contributed by atoms with Gasteiger partial charge in [-0.3, -0.25) is 0 Å². The van der Waals surface area contributed by atoms with Crippen molar-refractivity contribution >= 4 is 5.97 Å². The maximum absolute atomic E-state index is 12.8. The van der Waals surface area contributed by atoms with Crippen molar-refractivity contribution in [2.24, 2.45) is 0 Å². The highest BCUT2D eigenvalue weighted by Gasteiger charge is 2.45. The summed E-state index contributed by atoms with van der Waals surface area (Å²) in [6.07, 6.45) is -0.711. The van der Waals surface area contributed by atoms with Gasteiger partial charge in [-0.15, -0.1) is 0 Å². The number of carbonyl (C=O) groups is 1. The number of alkyl halides is 3. The molecule has 0 spiro atoms. The van der Waals surface area contributed by atoms with Crippen LogP contribution in [0.4, 0.5) is 13.2 Å². The second-order valence-corrected chi connectivity index (χ2v) is 4.87. The number of hydrogen-bond acceptors (Lipinski definition) is 2. The van der Waals surface area contributed by atoms with Gasteiger partial charge in [-0.25, -0.2) is 4.79 Å². The fraction of sp³-hybridized carbons (Fsp3) is 0.533. The summed E-state index contributed by atoms with van der Waals surface area (Å²) >= 11 is 0. The molecule has 0 aromatic rings. The number of halogens is 3. The Bertz CT molecular complexity index is 473. The lowest BCUT2D eigenvalue weighted by Crippen LogP contribution is -2.37. The van der Waals surface area contributed by atoms with E-state index in [1.165, 1.54) is 0 Å². The molecule has 0 radical (unpaired) electrons. The normalized spacial score (nSPS) is 26.0. The van der Waals surface area contributed by atoms with Crippen LogP contribution in [0.3, 0.4) is 0 Å². The lowest BCUT2D eigenvalue weighted by atomic mass is 9.99. The van der Waals surface area contributed by atoms with E-state index in [9.17, 15) is 18.0 Å². The number of aliphatic carboxylic acids is 1. The molecule has 0 bridgehead atoms. The molecule has 0 aromatic heterocycles. The zero-order chi connectivity index (χ0) is 16.0. The molecule has 6 heteroatoms. The van der Waals surface area contributed by atoms with Gasteiger partial charge in [-0.1, -0.05) is 36.3 Å². The summed E-state index contributed by atoms with van der Waals surface area (Å²) in [4.78, 5) is 11.0. The molecular weight excluding hydrogens is 285 g/mol. The van der Waals surface area contributed by atoms with Crippen molar-refractivity contribution in [2.45, 2.75) is 45.4 Å². The minimum atomic E-state index is -4.72. The van der Waals surface area contributed by atoms with Gasteiger partial charge < -0.3 is 9.84 Å². The van der Waals surface area contributed by atoms with Crippen LogP contribution in [0.5, 0.6) is 0 Å². The van der Waals surface area contributed by atoms with E-state index in [0.717, 1.165) is 23.6 Å². The molecule has 1 atom stereocenters. The summed E-state index contributed by atoms with van der Waals surface area (Å²) in [5.74, 6) is -1.60. The fourth-order valence-corrected chi connectivity index (χ4v) is 2.15. The fourth-order valence-electron chi connectivity index (χ4n) is 2.15. The van der Waals surface area contributed by atoms with Gasteiger partial charge in [0.25, 0.3) is 0 Å². The summed E-state index contributed by atoms with van der Waals surface area (Å²) in [5.41, 5.74) is 1.12. The first-order valence-corrected chi connectivity index (χ1v) is 6.73. The molecule has 0 amide bonds. The van der Waals surface area contributed by atoms with E-state index in [2.05, 4.69) is 0 Å². The molecule has 0 saturated heterocycles. The van der Waals surface area contributed by atoms with E-state index < -0.39 is 23.8 Å². The second kappa shape index (κ2) is 7.45. The van der Waals surface area contributed by atoms with Crippen LogP contribution in [0.2, 0.25) is 0 Å². The van der Waals surface area contributed by atoms with Gasteiger partial charge in [-0.2, -0.15) is 13.2 Å². The predicted octanol–water partition coefficient (Wildman–Crippen LogP) is 4.02. The number of hydrogen-bond donors (Lipinski definition) is 1. The van der Waals surface area contributed by atoms with Crippen LogP contribution in [0, 0.1) is 0 Å². The van der Waals surface area contributed by atoms with Crippen molar-refractivity contribution in [2.75, 3.05) is 6.61 Å². The maximum Gasteiger partial charge on any atom is 0.419 e. The molecule has 1 rings (SSSR count). The largest absolute Gasteiger partial charge is 0.478 e.